The number of nitrogens with zero attached hydrogens (tertiary/aromatic N) is 2. The molecule has 2 aromatic carbocycles. The normalized spacial score (nSPS) is 12.1. The Morgan fingerprint density at radius 3 is 2.46 bits per heavy atom. The Morgan fingerprint density at radius 1 is 1.00 bits per heavy atom. The average molecular weight is 323 g/mol. The van der Waals surface area contributed by atoms with E-state index in [0.29, 0.717) is 6.42 Å². The van der Waals surface area contributed by atoms with Gasteiger partial charge >= 0.3 is 0 Å². The Kier molecular flexibility index (Phi) is 4.79. The molecule has 2 N–H and O–H groups in total. The van der Waals surface area contributed by atoms with Crippen LogP contribution in [0.15, 0.2) is 48.5 Å². The van der Waals surface area contributed by atoms with Gasteiger partial charge < -0.3 is 15.2 Å². The highest BCUT2D eigenvalue weighted by Crippen LogP contribution is 2.28. The number of nitrogen functional groups attached to an aromatic ring is 1. The van der Waals surface area contributed by atoms with Crippen LogP contribution in [-0.4, -0.2) is 23.2 Å². The minimum atomic E-state index is -0.0287. The smallest absolute Gasteiger partial charge is 0.220 e. The van der Waals surface area contributed by atoms with Crippen LogP contribution in [-0.2, 0) is 6.42 Å². The molecule has 0 amide bonds. The maximum absolute atomic E-state index is 6.15. The van der Waals surface area contributed by atoms with E-state index in [1.165, 1.54) is 0 Å². The second kappa shape index (κ2) is 7.17. The Labute approximate surface area is 141 Å². The first-order valence-electron chi connectivity index (χ1n) is 8.02. The van der Waals surface area contributed by atoms with Gasteiger partial charge in [0.1, 0.15) is 6.10 Å². The Balaban J connectivity index is 1.88. The van der Waals surface area contributed by atoms with Crippen molar-refractivity contribution in [2.24, 2.45) is 0 Å². The first-order chi connectivity index (χ1) is 11.7. The first-order valence-corrected chi connectivity index (χ1v) is 8.02. The van der Waals surface area contributed by atoms with Gasteiger partial charge in [-0.1, -0.05) is 37.3 Å². The minimum Gasteiger partial charge on any atom is -0.493 e. The monoisotopic (exact) mass is 323 g/mol. The number of hydrogen-bond acceptors (Lipinski definition) is 5. The molecule has 5 nitrogen and oxygen atoms in total. The number of anilines is 1. The van der Waals surface area contributed by atoms with Crippen molar-refractivity contribution in [2.75, 3.05) is 12.8 Å². The van der Waals surface area contributed by atoms with Crippen LogP contribution in [0.4, 0.5) is 5.95 Å². The molecule has 0 aliphatic carbocycles. The summed E-state index contributed by atoms with van der Waals surface area (Å²) in [5, 5.41) is 1.01. The fraction of sp³-hybridized carbons (Fsp3) is 0.263. The molecule has 0 aliphatic heterocycles. The molecular weight excluding hydrogens is 302 g/mol. The molecule has 0 bridgehead atoms. The largest absolute Gasteiger partial charge is 0.493 e. The molecule has 0 spiro atoms. The second-order valence-electron chi connectivity index (χ2n) is 5.55. The van der Waals surface area contributed by atoms with Gasteiger partial charge in [-0.15, -0.1) is 0 Å². The SMILES string of the molecule is CCC(Cc1nc(N)nc2ccccc12)Oc1ccccc1OC. The van der Waals surface area contributed by atoms with Gasteiger partial charge in [-0.05, 0) is 24.6 Å². The number of rotatable bonds is 6. The molecule has 0 aliphatic rings. The van der Waals surface area contributed by atoms with E-state index in [2.05, 4.69) is 16.9 Å². The van der Waals surface area contributed by atoms with Gasteiger partial charge in [0.05, 0.1) is 18.3 Å². The number of methoxy groups -OCH3 is 1. The zero-order valence-electron chi connectivity index (χ0n) is 13.9. The zero-order chi connectivity index (χ0) is 16.9. The standard InChI is InChI=1S/C19H21N3O2/c1-3-13(24-18-11-7-6-10-17(18)23-2)12-16-14-8-4-5-9-15(14)21-19(20)22-16/h4-11,13H,3,12H2,1-2H3,(H2,20,21,22). The minimum absolute atomic E-state index is 0.0287. The molecule has 1 unspecified atom stereocenters. The van der Waals surface area contributed by atoms with E-state index in [0.717, 1.165) is 34.5 Å². The predicted molar refractivity (Wildman–Crippen MR) is 95.4 cm³/mol. The number of aromatic nitrogens is 2. The lowest BCUT2D eigenvalue weighted by molar-refractivity contribution is 0.188. The van der Waals surface area contributed by atoms with E-state index in [1.807, 2.05) is 48.5 Å². The van der Waals surface area contributed by atoms with Crippen LogP contribution in [0.3, 0.4) is 0 Å². The Bertz CT molecular complexity index is 836. The quantitative estimate of drug-likeness (QED) is 0.750. The van der Waals surface area contributed by atoms with Crippen LogP contribution in [0.1, 0.15) is 19.0 Å². The molecule has 124 valence electrons. The number of nitrogens with two attached hydrogens (primary N) is 1. The Hall–Kier alpha value is -2.82. The molecule has 3 rings (SSSR count). The molecule has 0 radical (unpaired) electrons. The third-order valence-corrected chi connectivity index (χ3v) is 3.94. The fourth-order valence-corrected chi connectivity index (χ4v) is 2.70. The molecule has 0 fully saturated rings. The zero-order valence-corrected chi connectivity index (χ0v) is 13.9. The predicted octanol–water partition coefficient (Wildman–Crippen LogP) is 3.62. The number of para-hydroxylation sites is 3. The number of benzene rings is 2. The summed E-state index contributed by atoms with van der Waals surface area (Å²) < 4.78 is 11.5. The van der Waals surface area contributed by atoms with Crippen molar-refractivity contribution in [2.45, 2.75) is 25.9 Å². The van der Waals surface area contributed by atoms with E-state index < -0.39 is 0 Å². The average Bonchev–Trinajstić information content (AvgIpc) is 2.61. The number of ether oxygens (including phenoxy) is 2. The summed E-state index contributed by atoms with van der Waals surface area (Å²) in [6.07, 6.45) is 1.47. The summed E-state index contributed by atoms with van der Waals surface area (Å²) in [4.78, 5) is 8.72. The van der Waals surface area contributed by atoms with E-state index in [1.54, 1.807) is 7.11 Å². The molecule has 24 heavy (non-hydrogen) atoms. The van der Waals surface area contributed by atoms with E-state index >= 15 is 0 Å². The molecule has 0 saturated heterocycles. The van der Waals surface area contributed by atoms with E-state index in [4.69, 9.17) is 15.2 Å². The van der Waals surface area contributed by atoms with Crippen molar-refractivity contribution in [1.82, 2.24) is 9.97 Å². The van der Waals surface area contributed by atoms with Crippen molar-refractivity contribution >= 4 is 16.9 Å². The van der Waals surface area contributed by atoms with Gasteiger partial charge in [0.2, 0.25) is 5.95 Å². The lowest BCUT2D eigenvalue weighted by Gasteiger charge is -2.19. The first kappa shape index (κ1) is 16.1. The summed E-state index contributed by atoms with van der Waals surface area (Å²) in [5.41, 5.74) is 7.61. The van der Waals surface area contributed by atoms with Gasteiger partial charge in [0.15, 0.2) is 11.5 Å². The maximum Gasteiger partial charge on any atom is 0.220 e. The van der Waals surface area contributed by atoms with Crippen molar-refractivity contribution in [3.05, 3.63) is 54.2 Å². The summed E-state index contributed by atoms with van der Waals surface area (Å²) >= 11 is 0. The van der Waals surface area contributed by atoms with Gasteiger partial charge in [-0.3, -0.25) is 0 Å². The molecule has 0 saturated carbocycles. The maximum atomic E-state index is 6.15. The highest BCUT2D eigenvalue weighted by molar-refractivity contribution is 5.81. The molecule has 1 heterocycles. The summed E-state index contributed by atoms with van der Waals surface area (Å²) in [6, 6.07) is 15.5. The van der Waals surface area contributed by atoms with Gasteiger partial charge in [0, 0.05) is 11.8 Å². The van der Waals surface area contributed by atoms with Crippen LogP contribution in [0.25, 0.3) is 10.9 Å². The molecule has 1 aromatic heterocycles. The van der Waals surface area contributed by atoms with Crippen LogP contribution >= 0.6 is 0 Å². The lowest BCUT2D eigenvalue weighted by Crippen LogP contribution is -2.20. The number of fused-ring (bicyclic) bond motifs is 1. The molecule has 3 aromatic rings. The Morgan fingerprint density at radius 2 is 1.71 bits per heavy atom. The summed E-state index contributed by atoms with van der Waals surface area (Å²) in [7, 11) is 1.64. The van der Waals surface area contributed by atoms with Gasteiger partial charge in [0.25, 0.3) is 0 Å². The summed E-state index contributed by atoms with van der Waals surface area (Å²) in [5.74, 6) is 1.75. The van der Waals surface area contributed by atoms with Crippen LogP contribution in [0.2, 0.25) is 0 Å². The fourth-order valence-electron chi connectivity index (χ4n) is 2.70. The third-order valence-electron chi connectivity index (χ3n) is 3.94. The van der Waals surface area contributed by atoms with Crippen LogP contribution < -0.4 is 15.2 Å². The molecule has 1 atom stereocenters. The molecule has 5 heteroatoms. The summed E-state index contributed by atoms with van der Waals surface area (Å²) in [6.45, 7) is 2.09. The third kappa shape index (κ3) is 3.40. The highest BCUT2D eigenvalue weighted by Gasteiger charge is 2.16. The van der Waals surface area contributed by atoms with Crippen molar-refractivity contribution < 1.29 is 9.47 Å². The van der Waals surface area contributed by atoms with Gasteiger partial charge in [-0.25, -0.2) is 9.97 Å². The van der Waals surface area contributed by atoms with Crippen molar-refractivity contribution in [3.8, 4) is 11.5 Å². The lowest BCUT2D eigenvalue weighted by atomic mass is 10.1. The van der Waals surface area contributed by atoms with Crippen LogP contribution in [0.5, 0.6) is 11.5 Å². The van der Waals surface area contributed by atoms with E-state index in [-0.39, 0.29) is 12.1 Å². The second-order valence-corrected chi connectivity index (χ2v) is 5.55. The topological polar surface area (TPSA) is 70.3 Å². The molecular formula is C19H21N3O2. The van der Waals surface area contributed by atoms with E-state index in [9.17, 15) is 0 Å². The van der Waals surface area contributed by atoms with Crippen LogP contribution in [0, 0.1) is 0 Å². The highest BCUT2D eigenvalue weighted by atomic mass is 16.5. The number of hydrogen-bond donors (Lipinski definition) is 1. The van der Waals surface area contributed by atoms with Crippen molar-refractivity contribution in [1.29, 1.82) is 0 Å². The van der Waals surface area contributed by atoms with Gasteiger partial charge in [-0.2, -0.15) is 0 Å². The van der Waals surface area contributed by atoms with Crippen molar-refractivity contribution in [3.63, 3.8) is 0 Å².